The molecule has 4 heteroatoms. The molecule has 3 nitrogen and oxygen atoms in total. The maximum Gasteiger partial charge on any atom is 0.0751 e. The predicted octanol–water partition coefficient (Wildman–Crippen LogP) is 2.03. The highest BCUT2D eigenvalue weighted by Gasteiger charge is 2.18. The van der Waals surface area contributed by atoms with Crippen molar-refractivity contribution in [3.63, 3.8) is 0 Å². The van der Waals surface area contributed by atoms with E-state index in [1.807, 2.05) is 11.8 Å². The molecule has 0 saturated carbocycles. The van der Waals surface area contributed by atoms with Crippen LogP contribution in [0.2, 0.25) is 0 Å². The molecule has 1 aromatic heterocycles. The third kappa shape index (κ3) is 2.14. The van der Waals surface area contributed by atoms with Crippen LogP contribution in [0.3, 0.4) is 0 Å². The van der Waals surface area contributed by atoms with E-state index >= 15 is 0 Å². The van der Waals surface area contributed by atoms with Crippen molar-refractivity contribution in [2.45, 2.75) is 30.5 Å². The van der Waals surface area contributed by atoms with E-state index < -0.39 is 0 Å². The molecule has 1 atom stereocenters. The van der Waals surface area contributed by atoms with Crippen LogP contribution in [0.5, 0.6) is 0 Å². The monoisotopic (exact) mass is 238 g/mol. The lowest BCUT2D eigenvalue weighted by atomic mass is 10.1. The van der Waals surface area contributed by atoms with E-state index in [-0.39, 0.29) is 0 Å². The molecule has 1 unspecified atom stereocenters. The Morgan fingerprint density at radius 3 is 3.38 bits per heavy atom. The molecule has 0 spiro atoms. The summed E-state index contributed by atoms with van der Waals surface area (Å²) in [7, 11) is 0. The zero-order chi connectivity index (χ0) is 10.8. The van der Waals surface area contributed by atoms with Gasteiger partial charge in [-0.3, -0.25) is 0 Å². The molecule has 2 aliphatic heterocycles. The molecule has 0 radical (unpaired) electrons. The SMILES string of the molecule is c1c(C2COCCCN2)cn2c1SCCC2. The molecular formula is C12H18N2OS. The van der Waals surface area contributed by atoms with Crippen molar-refractivity contribution < 1.29 is 4.74 Å². The van der Waals surface area contributed by atoms with E-state index in [9.17, 15) is 0 Å². The fourth-order valence-electron chi connectivity index (χ4n) is 2.33. The second-order valence-corrected chi connectivity index (χ2v) is 5.56. The van der Waals surface area contributed by atoms with Crippen LogP contribution in [-0.4, -0.2) is 30.1 Å². The van der Waals surface area contributed by atoms with Crippen LogP contribution in [0.25, 0.3) is 0 Å². The maximum atomic E-state index is 5.61. The number of hydrogen-bond acceptors (Lipinski definition) is 3. The van der Waals surface area contributed by atoms with E-state index in [2.05, 4.69) is 22.1 Å². The Morgan fingerprint density at radius 1 is 1.44 bits per heavy atom. The summed E-state index contributed by atoms with van der Waals surface area (Å²) in [5, 5.41) is 4.98. The maximum absolute atomic E-state index is 5.61. The van der Waals surface area contributed by atoms with Crippen LogP contribution in [0, 0.1) is 0 Å². The van der Waals surface area contributed by atoms with Crippen LogP contribution < -0.4 is 5.32 Å². The number of nitrogens with zero attached hydrogens (tertiary/aromatic N) is 1. The molecule has 1 aromatic rings. The standard InChI is InChI=1S/C12H18N2OS/c1-3-13-11(9-15-5-1)10-7-12-14(8-10)4-2-6-16-12/h7-8,11,13H,1-6,9H2. The molecule has 0 aliphatic carbocycles. The molecule has 3 heterocycles. The number of fused-ring (bicyclic) bond motifs is 1. The highest BCUT2D eigenvalue weighted by atomic mass is 32.2. The quantitative estimate of drug-likeness (QED) is 0.811. The molecule has 3 rings (SSSR count). The van der Waals surface area contributed by atoms with Crippen molar-refractivity contribution in [3.8, 4) is 0 Å². The molecule has 1 saturated heterocycles. The van der Waals surface area contributed by atoms with Gasteiger partial charge in [-0.25, -0.2) is 0 Å². The van der Waals surface area contributed by atoms with Crippen molar-refractivity contribution in [1.29, 1.82) is 0 Å². The molecule has 88 valence electrons. The number of ether oxygens (including phenoxy) is 1. The first-order valence-electron chi connectivity index (χ1n) is 6.07. The topological polar surface area (TPSA) is 26.2 Å². The second-order valence-electron chi connectivity index (χ2n) is 4.44. The van der Waals surface area contributed by atoms with Crippen molar-refractivity contribution >= 4 is 11.8 Å². The molecule has 0 amide bonds. The fourth-order valence-corrected chi connectivity index (χ4v) is 3.34. The van der Waals surface area contributed by atoms with E-state index in [0.717, 1.165) is 26.2 Å². The van der Waals surface area contributed by atoms with E-state index in [0.29, 0.717) is 6.04 Å². The zero-order valence-corrected chi connectivity index (χ0v) is 10.3. The Labute approximate surface area is 101 Å². The van der Waals surface area contributed by atoms with E-state index in [1.165, 1.54) is 29.3 Å². The first-order chi connectivity index (χ1) is 7.93. The average Bonchev–Trinajstić information content (AvgIpc) is 2.56. The minimum Gasteiger partial charge on any atom is -0.379 e. The molecular weight excluding hydrogens is 220 g/mol. The summed E-state index contributed by atoms with van der Waals surface area (Å²) in [5.41, 5.74) is 1.39. The molecule has 2 aliphatic rings. The number of rotatable bonds is 1. The summed E-state index contributed by atoms with van der Waals surface area (Å²) < 4.78 is 8.00. The lowest BCUT2D eigenvalue weighted by Gasteiger charge is -2.13. The molecule has 0 aromatic carbocycles. The number of aromatic nitrogens is 1. The average molecular weight is 238 g/mol. The lowest BCUT2D eigenvalue weighted by Crippen LogP contribution is -2.22. The summed E-state index contributed by atoms with van der Waals surface area (Å²) in [4.78, 5) is 0. The summed E-state index contributed by atoms with van der Waals surface area (Å²) in [6.45, 7) is 3.95. The Kier molecular flexibility index (Phi) is 3.22. The van der Waals surface area contributed by atoms with Crippen LogP contribution >= 0.6 is 11.8 Å². The molecule has 0 bridgehead atoms. The lowest BCUT2D eigenvalue weighted by molar-refractivity contribution is 0.131. The number of hydrogen-bond donors (Lipinski definition) is 1. The van der Waals surface area contributed by atoms with Gasteiger partial charge < -0.3 is 14.6 Å². The Hall–Kier alpha value is -0.450. The minimum absolute atomic E-state index is 0.390. The van der Waals surface area contributed by atoms with Crippen LogP contribution in [-0.2, 0) is 11.3 Å². The Balaban J connectivity index is 1.79. The third-order valence-corrected chi connectivity index (χ3v) is 4.36. The van der Waals surface area contributed by atoms with Gasteiger partial charge in [-0.2, -0.15) is 0 Å². The van der Waals surface area contributed by atoms with Gasteiger partial charge in [0.25, 0.3) is 0 Å². The van der Waals surface area contributed by atoms with Gasteiger partial charge in [-0.1, -0.05) is 0 Å². The van der Waals surface area contributed by atoms with Crippen molar-refractivity contribution in [2.24, 2.45) is 0 Å². The largest absolute Gasteiger partial charge is 0.379 e. The first-order valence-corrected chi connectivity index (χ1v) is 7.06. The van der Waals surface area contributed by atoms with E-state index in [1.54, 1.807) is 0 Å². The molecule has 1 N–H and O–H groups in total. The molecule has 16 heavy (non-hydrogen) atoms. The summed E-state index contributed by atoms with van der Waals surface area (Å²) in [6, 6.07) is 2.72. The van der Waals surface area contributed by atoms with Gasteiger partial charge in [0.2, 0.25) is 0 Å². The number of thioether (sulfide) groups is 1. The normalized spacial score (nSPS) is 26.1. The second kappa shape index (κ2) is 4.82. The van der Waals surface area contributed by atoms with Crippen molar-refractivity contribution in [1.82, 2.24) is 9.88 Å². The predicted molar refractivity (Wildman–Crippen MR) is 66.0 cm³/mol. The first kappa shape index (κ1) is 10.7. The van der Waals surface area contributed by atoms with Crippen molar-refractivity contribution in [3.05, 3.63) is 17.8 Å². The smallest absolute Gasteiger partial charge is 0.0751 e. The van der Waals surface area contributed by atoms with Gasteiger partial charge in [-0.15, -0.1) is 11.8 Å². The Bertz CT molecular complexity index is 332. The highest BCUT2D eigenvalue weighted by Crippen LogP contribution is 2.29. The summed E-state index contributed by atoms with van der Waals surface area (Å²) in [5.74, 6) is 1.26. The van der Waals surface area contributed by atoms with Gasteiger partial charge in [-0.05, 0) is 31.0 Å². The van der Waals surface area contributed by atoms with Crippen molar-refractivity contribution in [2.75, 3.05) is 25.5 Å². The summed E-state index contributed by atoms with van der Waals surface area (Å²) in [6.07, 6.45) is 4.72. The van der Waals surface area contributed by atoms with Gasteiger partial charge >= 0.3 is 0 Å². The molecule has 1 fully saturated rings. The van der Waals surface area contributed by atoms with Gasteiger partial charge in [0.15, 0.2) is 0 Å². The third-order valence-electron chi connectivity index (χ3n) is 3.21. The van der Waals surface area contributed by atoms with E-state index in [4.69, 9.17) is 4.74 Å². The fraction of sp³-hybridized carbons (Fsp3) is 0.667. The van der Waals surface area contributed by atoms with Gasteiger partial charge in [0.05, 0.1) is 17.7 Å². The minimum atomic E-state index is 0.390. The highest BCUT2D eigenvalue weighted by molar-refractivity contribution is 7.99. The number of aryl methyl sites for hydroxylation is 1. The summed E-state index contributed by atoms with van der Waals surface area (Å²) >= 11 is 1.97. The van der Waals surface area contributed by atoms with Crippen LogP contribution in [0.4, 0.5) is 0 Å². The van der Waals surface area contributed by atoms with Gasteiger partial charge in [0, 0.05) is 25.1 Å². The number of nitrogens with one attached hydrogen (secondary N) is 1. The van der Waals surface area contributed by atoms with Crippen LogP contribution in [0.1, 0.15) is 24.4 Å². The van der Waals surface area contributed by atoms with Crippen LogP contribution in [0.15, 0.2) is 17.3 Å². The zero-order valence-electron chi connectivity index (χ0n) is 9.45. The van der Waals surface area contributed by atoms with Gasteiger partial charge in [0.1, 0.15) is 0 Å². The Morgan fingerprint density at radius 2 is 2.44 bits per heavy atom.